The van der Waals surface area contributed by atoms with Gasteiger partial charge in [0.25, 0.3) is 0 Å². The molecule has 0 spiro atoms. The van der Waals surface area contributed by atoms with Crippen LogP contribution in [0.4, 0.5) is 0 Å². The van der Waals surface area contributed by atoms with Crippen LogP contribution in [0.2, 0.25) is 0 Å². The second kappa shape index (κ2) is 9.60. The van der Waals surface area contributed by atoms with Crippen LogP contribution in [0, 0.1) is 5.41 Å². The lowest BCUT2D eigenvalue weighted by molar-refractivity contribution is -0.134. The number of amides is 1. The Morgan fingerprint density at radius 1 is 1.21 bits per heavy atom. The Morgan fingerprint density at radius 2 is 1.84 bits per heavy atom. The third kappa shape index (κ3) is 5.70. The van der Waals surface area contributed by atoms with E-state index in [1.54, 1.807) is 0 Å². The Kier molecular flexibility index (Phi) is 9.46. The van der Waals surface area contributed by atoms with E-state index in [2.05, 4.69) is 13.8 Å². The number of carbonyl (C=O) groups excluding carboxylic acids is 1. The van der Waals surface area contributed by atoms with Crippen molar-refractivity contribution in [1.29, 1.82) is 0 Å². The van der Waals surface area contributed by atoms with E-state index in [4.69, 9.17) is 5.73 Å². The maximum absolute atomic E-state index is 12.4. The predicted molar refractivity (Wildman–Crippen MR) is 83.6 cm³/mol. The number of unbranched alkanes of at least 4 members (excludes halogenated alkanes) is 1. The first kappa shape index (κ1) is 18.7. The molecule has 1 amide bonds. The highest BCUT2D eigenvalue weighted by molar-refractivity contribution is 5.85. The molecule has 0 radical (unpaired) electrons. The van der Waals surface area contributed by atoms with Crippen molar-refractivity contribution in [2.45, 2.75) is 65.2 Å². The molecular formula is C15H31ClN2O. The molecule has 1 aliphatic rings. The van der Waals surface area contributed by atoms with Gasteiger partial charge in [0.2, 0.25) is 5.91 Å². The van der Waals surface area contributed by atoms with Crippen molar-refractivity contribution in [1.82, 2.24) is 4.90 Å². The first-order chi connectivity index (χ1) is 8.67. The minimum atomic E-state index is 0. The molecule has 0 aliphatic heterocycles. The normalized spacial score (nSPS) is 17.6. The fourth-order valence-electron chi connectivity index (χ4n) is 3.00. The maximum atomic E-state index is 12.4. The predicted octanol–water partition coefficient (Wildman–Crippen LogP) is 3.36. The SMILES string of the molecule is CCCCN(CC)C(=O)CC1(CN)CCCCC1.Cl. The van der Waals surface area contributed by atoms with Crippen molar-refractivity contribution in [2.24, 2.45) is 11.1 Å². The van der Waals surface area contributed by atoms with Gasteiger partial charge in [0, 0.05) is 19.5 Å². The Balaban J connectivity index is 0.00000324. The summed E-state index contributed by atoms with van der Waals surface area (Å²) in [4.78, 5) is 14.4. The molecule has 1 aliphatic carbocycles. The van der Waals surface area contributed by atoms with Crippen LogP contribution in [0.15, 0.2) is 0 Å². The van der Waals surface area contributed by atoms with Crippen molar-refractivity contribution in [3.05, 3.63) is 0 Å². The third-order valence-electron chi connectivity index (χ3n) is 4.39. The largest absolute Gasteiger partial charge is 0.343 e. The van der Waals surface area contributed by atoms with Crippen molar-refractivity contribution >= 4 is 18.3 Å². The Hall–Kier alpha value is -0.280. The van der Waals surface area contributed by atoms with E-state index in [-0.39, 0.29) is 17.8 Å². The van der Waals surface area contributed by atoms with Gasteiger partial charge in [0.15, 0.2) is 0 Å². The van der Waals surface area contributed by atoms with Crippen LogP contribution in [0.1, 0.15) is 65.2 Å². The average Bonchev–Trinajstić information content (AvgIpc) is 2.40. The summed E-state index contributed by atoms with van der Waals surface area (Å²) in [6.45, 7) is 6.65. The third-order valence-corrected chi connectivity index (χ3v) is 4.39. The first-order valence-electron chi connectivity index (χ1n) is 7.65. The summed E-state index contributed by atoms with van der Waals surface area (Å²) < 4.78 is 0. The molecular weight excluding hydrogens is 260 g/mol. The standard InChI is InChI=1S/C15H30N2O.ClH/c1-3-5-11-17(4-2)14(18)12-15(13-16)9-7-6-8-10-15;/h3-13,16H2,1-2H3;1H. The van der Waals surface area contributed by atoms with Gasteiger partial charge in [0.05, 0.1) is 0 Å². The van der Waals surface area contributed by atoms with Crippen LogP contribution in [0.25, 0.3) is 0 Å². The van der Waals surface area contributed by atoms with Crippen molar-refractivity contribution in [3.63, 3.8) is 0 Å². The minimum absolute atomic E-state index is 0. The van der Waals surface area contributed by atoms with Gasteiger partial charge >= 0.3 is 0 Å². The molecule has 1 saturated carbocycles. The molecule has 4 heteroatoms. The molecule has 114 valence electrons. The highest BCUT2D eigenvalue weighted by Crippen LogP contribution is 2.38. The van der Waals surface area contributed by atoms with Gasteiger partial charge in [-0.1, -0.05) is 32.6 Å². The Morgan fingerprint density at radius 3 is 2.32 bits per heavy atom. The van der Waals surface area contributed by atoms with Gasteiger partial charge < -0.3 is 10.6 Å². The average molecular weight is 291 g/mol. The molecule has 1 fully saturated rings. The van der Waals surface area contributed by atoms with Crippen LogP contribution in [-0.4, -0.2) is 30.4 Å². The Labute approximate surface area is 124 Å². The molecule has 19 heavy (non-hydrogen) atoms. The lowest BCUT2D eigenvalue weighted by Gasteiger charge is -2.37. The zero-order valence-electron chi connectivity index (χ0n) is 12.6. The van der Waals surface area contributed by atoms with E-state index in [0.29, 0.717) is 18.9 Å². The smallest absolute Gasteiger partial charge is 0.223 e. The van der Waals surface area contributed by atoms with Crippen molar-refractivity contribution in [3.8, 4) is 0 Å². The number of rotatable bonds is 7. The molecule has 0 atom stereocenters. The van der Waals surface area contributed by atoms with E-state index in [1.807, 2.05) is 4.90 Å². The van der Waals surface area contributed by atoms with Gasteiger partial charge in [-0.15, -0.1) is 12.4 Å². The highest BCUT2D eigenvalue weighted by Gasteiger charge is 2.34. The monoisotopic (exact) mass is 290 g/mol. The van der Waals surface area contributed by atoms with Crippen molar-refractivity contribution < 1.29 is 4.79 Å². The van der Waals surface area contributed by atoms with E-state index in [9.17, 15) is 4.79 Å². The summed E-state index contributed by atoms with van der Waals surface area (Å²) in [5, 5.41) is 0. The van der Waals surface area contributed by atoms with Gasteiger partial charge in [0.1, 0.15) is 0 Å². The molecule has 0 bridgehead atoms. The molecule has 0 aromatic rings. The molecule has 1 rings (SSSR count). The quantitative estimate of drug-likeness (QED) is 0.781. The van der Waals surface area contributed by atoms with Crippen LogP contribution in [0.5, 0.6) is 0 Å². The summed E-state index contributed by atoms with van der Waals surface area (Å²) in [7, 11) is 0. The lowest BCUT2D eigenvalue weighted by atomic mass is 9.71. The maximum Gasteiger partial charge on any atom is 0.223 e. The number of halogens is 1. The van der Waals surface area contributed by atoms with Gasteiger partial charge in [-0.3, -0.25) is 4.79 Å². The lowest BCUT2D eigenvalue weighted by Crippen LogP contribution is -2.40. The second-order valence-corrected chi connectivity index (χ2v) is 5.77. The number of hydrogen-bond acceptors (Lipinski definition) is 2. The molecule has 0 unspecified atom stereocenters. The van der Waals surface area contributed by atoms with E-state index in [0.717, 1.165) is 38.8 Å². The van der Waals surface area contributed by atoms with E-state index < -0.39 is 0 Å². The summed E-state index contributed by atoms with van der Waals surface area (Å²) in [5.41, 5.74) is 6.06. The summed E-state index contributed by atoms with van der Waals surface area (Å²) in [5.74, 6) is 0.318. The molecule has 0 aromatic heterocycles. The van der Waals surface area contributed by atoms with Crippen LogP contribution >= 0.6 is 12.4 Å². The molecule has 3 nitrogen and oxygen atoms in total. The number of carbonyl (C=O) groups is 1. The first-order valence-corrected chi connectivity index (χ1v) is 7.65. The topological polar surface area (TPSA) is 46.3 Å². The fourth-order valence-corrected chi connectivity index (χ4v) is 3.00. The summed E-state index contributed by atoms with van der Waals surface area (Å²) in [6.07, 6.45) is 8.99. The minimum Gasteiger partial charge on any atom is -0.343 e. The van der Waals surface area contributed by atoms with Crippen molar-refractivity contribution in [2.75, 3.05) is 19.6 Å². The van der Waals surface area contributed by atoms with Crippen LogP contribution < -0.4 is 5.73 Å². The van der Waals surface area contributed by atoms with E-state index in [1.165, 1.54) is 19.3 Å². The molecule has 0 heterocycles. The second-order valence-electron chi connectivity index (χ2n) is 5.77. The van der Waals surface area contributed by atoms with Gasteiger partial charge in [-0.05, 0) is 38.1 Å². The highest BCUT2D eigenvalue weighted by atomic mass is 35.5. The van der Waals surface area contributed by atoms with Gasteiger partial charge in [-0.25, -0.2) is 0 Å². The molecule has 0 saturated heterocycles. The zero-order valence-corrected chi connectivity index (χ0v) is 13.4. The fraction of sp³-hybridized carbons (Fsp3) is 0.933. The van der Waals surface area contributed by atoms with Crippen LogP contribution in [-0.2, 0) is 4.79 Å². The Bertz CT molecular complexity index is 253. The summed E-state index contributed by atoms with van der Waals surface area (Å²) in [6, 6.07) is 0. The van der Waals surface area contributed by atoms with E-state index >= 15 is 0 Å². The number of hydrogen-bond donors (Lipinski definition) is 1. The molecule has 2 N–H and O–H groups in total. The number of nitrogens with two attached hydrogens (primary N) is 1. The molecule has 0 aromatic carbocycles. The summed E-state index contributed by atoms with van der Waals surface area (Å²) >= 11 is 0. The van der Waals surface area contributed by atoms with Gasteiger partial charge in [-0.2, -0.15) is 0 Å². The number of nitrogens with zero attached hydrogens (tertiary/aromatic N) is 1. The van der Waals surface area contributed by atoms with Crippen LogP contribution in [0.3, 0.4) is 0 Å². The zero-order chi connectivity index (χ0) is 13.4.